The second-order valence-corrected chi connectivity index (χ2v) is 7.96. The Bertz CT molecular complexity index is 486. The van der Waals surface area contributed by atoms with Crippen LogP contribution in [0.2, 0.25) is 0 Å². The van der Waals surface area contributed by atoms with Gasteiger partial charge in [-0.3, -0.25) is 0 Å². The van der Waals surface area contributed by atoms with Crippen molar-refractivity contribution in [3.8, 4) is 0 Å². The molecule has 96 valence electrons. The SMILES string of the molecule is CN1CCCC(NS(=O)(=O)c2sccc2Br)C1. The molecular weight excluding hydrogens is 324 g/mol. The predicted molar refractivity (Wildman–Crippen MR) is 72.9 cm³/mol. The summed E-state index contributed by atoms with van der Waals surface area (Å²) in [6.07, 6.45) is 1.95. The van der Waals surface area contributed by atoms with Gasteiger partial charge in [0.2, 0.25) is 0 Å². The number of nitrogens with zero attached hydrogens (tertiary/aromatic N) is 1. The molecule has 0 spiro atoms. The summed E-state index contributed by atoms with van der Waals surface area (Å²) in [7, 11) is -1.36. The molecule has 0 aliphatic carbocycles. The number of likely N-dealkylation sites (tertiary alicyclic amines) is 1. The molecule has 2 rings (SSSR count). The van der Waals surface area contributed by atoms with E-state index in [0.29, 0.717) is 8.68 Å². The maximum absolute atomic E-state index is 12.1. The number of rotatable bonds is 3. The molecule has 1 atom stereocenters. The van der Waals surface area contributed by atoms with Crippen molar-refractivity contribution in [1.82, 2.24) is 9.62 Å². The third-order valence-corrected chi connectivity index (χ3v) is 6.97. The molecule has 1 fully saturated rings. The van der Waals surface area contributed by atoms with E-state index in [9.17, 15) is 8.42 Å². The number of piperidine rings is 1. The quantitative estimate of drug-likeness (QED) is 0.915. The average molecular weight is 339 g/mol. The van der Waals surface area contributed by atoms with Crippen LogP contribution >= 0.6 is 27.3 Å². The van der Waals surface area contributed by atoms with Crippen LogP contribution in [0.25, 0.3) is 0 Å². The Morgan fingerprint density at radius 2 is 2.35 bits per heavy atom. The van der Waals surface area contributed by atoms with Crippen molar-refractivity contribution in [3.05, 3.63) is 15.9 Å². The van der Waals surface area contributed by atoms with E-state index in [-0.39, 0.29) is 6.04 Å². The zero-order valence-corrected chi connectivity index (χ0v) is 12.7. The van der Waals surface area contributed by atoms with E-state index in [0.717, 1.165) is 25.9 Å². The minimum Gasteiger partial charge on any atom is -0.305 e. The summed E-state index contributed by atoms with van der Waals surface area (Å²) in [5.74, 6) is 0. The fourth-order valence-corrected chi connectivity index (χ4v) is 5.62. The predicted octanol–water partition coefficient (Wildman–Crippen LogP) is 1.88. The molecule has 0 bridgehead atoms. The van der Waals surface area contributed by atoms with Gasteiger partial charge >= 0.3 is 0 Å². The van der Waals surface area contributed by atoms with Crippen molar-refractivity contribution in [2.24, 2.45) is 0 Å². The highest BCUT2D eigenvalue weighted by Gasteiger charge is 2.25. The first-order valence-electron chi connectivity index (χ1n) is 5.43. The lowest BCUT2D eigenvalue weighted by Crippen LogP contribution is -2.46. The van der Waals surface area contributed by atoms with Crippen molar-refractivity contribution in [2.75, 3.05) is 20.1 Å². The second kappa shape index (κ2) is 5.36. The molecule has 17 heavy (non-hydrogen) atoms. The Morgan fingerprint density at radius 3 is 2.94 bits per heavy atom. The van der Waals surface area contributed by atoms with Crippen LogP contribution < -0.4 is 4.72 Å². The van der Waals surface area contributed by atoms with E-state index < -0.39 is 10.0 Å². The van der Waals surface area contributed by atoms with E-state index in [1.807, 2.05) is 7.05 Å². The number of thiophene rings is 1. The molecule has 7 heteroatoms. The van der Waals surface area contributed by atoms with Crippen LogP contribution in [-0.4, -0.2) is 39.5 Å². The molecule has 0 radical (unpaired) electrons. The molecule has 1 aromatic heterocycles. The van der Waals surface area contributed by atoms with Gasteiger partial charge in [0.15, 0.2) is 0 Å². The Balaban J connectivity index is 2.10. The van der Waals surface area contributed by atoms with Gasteiger partial charge in [-0.25, -0.2) is 13.1 Å². The van der Waals surface area contributed by atoms with E-state index >= 15 is 0 Å². The van der Waals surface area contributed by atoms with Crippen LogP contribution in [0.1, 0.15) is 12.8 Å². The van der Waals surface area contributed by atoms with Gasteiger partial charge in [0.25, 0.3) is 10.0 Å². The maximum Gasteiger partial charge on any atom is 0.251 e. The highest BCUT2D eigenvalue weighted by atomic mass is 79.9. The monoisotopic (exact) mass is 338 g/mol. The Labute approximate surface area is 114 Å². The van der Waals surface area contributed by atoms with Gasteiger partial charge in [0.05, 0.1) is 0 Å². The number of sulfonamides is 1. The van der Waals surface area contributed by atoms with Gasteiger partial charge in [-0.15, -0.1) is 11.3 Å². The first kappa shape index (κ1) is 13.5. The summed E-state index contributed by atoms with van der Waals surface area (Å²) < 4.78 is 28.1. The highest BCUT2D eigenvalue weighted by Crippen LogP contribution is 2.27. The largest absolute Gasteiger partial charge is 0.305 e. The van der Waals surface area contributed by atoms with Gasteiger partial charge in [0, 0.05) is 17.1 Å². The van der Waals surface area contributed by atoms with Gasteiger partial charge < -0.3 is 4.90 Å². The molecule has 1 saturated heterocycles. The van der Waals surface area contributed by atoms with E-state index in [1.54, 1.807) is 11.4 Å². The lowest BCUT2D eigenvalue weighted by molar-refractivity contribution is 0.242. The van der Waals surface area contributed by atoms with Crippen molar-refractivity contribution in [2.45, 2.75) is 23.1 Å². The lowest BCUT2D eigenvalue weighted by Gasteiger charge is -2.29. The molecule has 0 saturated carbocycles. The van der Waals surface area contributed by atoms with E-state index in [2.05, 4.69) is 25.6 Å². The average Bonchev–Trinajstić information content (AvgIpc) is 2.64. The maximum atomic E-state index is 12.1. The van der Waals surface area contributed by atoms with E-state index in [4.69, 9.17) is 0 Å². The molecule has 0 aromatic carbocycles. The fourth-order valence-electron chi connectivity index (χ4n) is 2.01. The first-order valence-corrected chi connectivity index (χ1v) is 8.58. The number of hydrogen-bond donors (Lipinski definition) is 1. The number of likely N-dealkylation sites (N-methyl/N-ethyl adjacent to an activating group) is 1. The van der Waals surface area contributed by atoms with Crippen LogP contribution in [-0.2, 0) is 10.0 Å². The summed E-state index contributed by atoms with van der Waals surface area (Å²) in [4.78, 5) is 2.15. The Morgan fingerprint density at radius 1 is 1.59 bits per heavy atom. The molecule has 1 N–H and O–H groups in total. The van der Waals surface area contributed by atoms with Crippen molar-refractivity contribution in [1.29, 1.82) is 0 Å². The minimum atomic E-state index is -3.38. The normalized spacial score (nSPS) is 22.8. The van der Waals surface area contributed by atoms with Crippen molar-refractivity contribution < 1.29 is 8.42 Å². The molecule has 4 nitrogen and oxygen atoms in total. The zero-order chi connectivity index (χ0) is 12.5. The number of hydrogen-bond acceptors (Lipinski definition) is 4. The van der Waals surface area contributed by atoms with Crippen LogP contribution in [0.4, 0.5) is 0 Å². The summed E-state index contributed by atoms with van der Waals surface area (Å²) in [6, 6.07) is 1.78. The van der Waals surface area contributed by atoms with Gasteiger partial charge in [-0.1, -0.05) is 0 Å². The van der Waals surface area contributed by atoms with Gasteiger partial charge in [0.1, 0.15) is 4.21 Å². The summed E-state index contributed by atoms with van der Waals surface area (Å²) in [6.45, 7) is 1.82. The Hall–Kier alpha value is 0.0500. The molecule has 1 aromatic rings. The molecule has 1 aliphatic heterocycles. The van der Waals surface area contributed by atoms with Crippen LogP contribution in [0.5, 0.6) is 0 Å². The van der Waals surface area contributed by atoms with Gasteiger partial charge in [-0.2, -0.15) is 0 Å². The third-order valence-electron chi connectivity index (χ3n) is 2.77. The van der Waals surface area contributed by atoms with E-state index in [1.165, 1.54) is 11.3 Å². The summed E-state index contributed by atoms with van der Waals surface area (Å²) >= 11 is 4.49. The molecule has 1 unspecified atom stereocenters. The second-order valence-electron chi connectivity index (χ2n) is 4.28. The van der Waals surface area contributed by atoms with Crippen molar-refractivity contribution >= 4 is 37.3 Å². The molecule has 2 heterocycles. The molecule has 1 aliphatic rings. The van der Waals surface area contributed by atoms with Crippen LogP contribution in [0.3, 0.4) is 0 Å². The third kappa shape index (κ3) is 3.29. The van der Waals surface area contributed by atoms with Crippen LogP contribution in [0, 0.1) is 0 Å². The topological polar surface area (TPSA) is 49.4 Å². The van der Waals surface area contributed by atoms with Crippen LogP contribution in [0.15, 0.2) is 20.1 Å². The molecule has 0 amide bonds. The first-order chi connectivity index (χ1) is 7.99. The van der Waals surface area contributed by atoms with Gasteiger partial charge in [-0.05, 0) is 53.8 Å². The van der Waals surface area contributed by atoms with Crippen molar-refractivity contribution in [3.63, 3.8) is 0 Å². The summed E-state index contributed by atoms with van der Waals surface area (Å²) in [5, 5.41) is 1.77. The number of nitrogens with one attached hydrogen (secondary N) is 1. The molecular formula is C10H15BrN2O2S2. The standard InChI is InChI=1S/C10H15BrN2O2S2/c1-13-5-2-3-8(7-13)12-17(14,15)10-9(11)4-6-16-10/h4,6,8,12H,2-3,5,7H2,1H3. The lowest BCUT2D eigenvalue weighted by atomic mass is 10.1. The number of halogens is 1. The zero-order valence-electron chi connectivity index (χ0n) is 9.52. The Kier molecular flexibility index (Phi) is 4.25. The fraction of sp³-hybridized carbons (Fsp3) is 0.600. The summed E-state index contributed by atoms with van der Waals surface area (Å²) in [5.41, 5.74) is 0. The minimum absolute atomic E-state index is 0.0211. The highest BCUT2D eigenvalue weighted by molar-refractivity contribution is 9.10. The smallest absolute Gasteiger partial charge is 0.251 e.